The lowest BCUT2D eigenvalue weighted by atomic mass is 10.2. The fourth-order valence-corrected chi connectivity index (χ4v) is 4.66. The highest BCUT2D eigenvalue weighted by Crippen LogP contribution is 2.67. The number of benzene rings is 1. The molecular weight excluding hydrogens is 345 g/mol. The Morgan fingerprint density at radius 2 is 1.76 bits per heavy atom. The molecule has 0 amide bonds. The normalized spacial score (nSPS) is 14.6. The van der Waals surface area contributed by atoms with Crippen LogP contribution in [0.25, 0.3) is 0 Å². The maximum absolute atomic E-state index is 5.31. The number of nitrogens with zero attached hydrogens (tertiary/aromatic N) is 1. The molecule has 100 valence electrons. The van der Waals surface area contributed by atoms with E-state index in [1.54, 1.807) is 7.11 Å². The highest BCUT2D eigenvalue weighted by Gasteiger charge is 2.24. The summed E-state index contributed by atoms with van der Waals surface area (Å²) in [4.78, 5) is 2.39. The molecule has 1 rings (SSSR count). The Balaban J connectivity index is 2.68. The second kappa shape index (κ2) is 5.91. The van der Waals surface area contributed by atoms with Crippen LogP contribution in [-0.4, -0.2) is 43.4 Å². The van der Waals surface area contributed by atoms with Gasteiger partial charge in [0.25, 0.3) is 0 Å². The van der Waals surface area contributed by atoms with Crippen molar-refractivity contribution < 1.29 is 4.74 Å². The molecule has 0 atom stereocenters. The van der Waals surface area contributed by atoms with Gasteiger partial charge in [0.15, 0.2) is 0 Å². The highest BCUT2D eigenvalue weighted by molar-refractivity contribution is 14.2. The minimum atomic E-state index is -1.56. The lowest BCUT2D eigenvalue weighted by Crippen LogP contribution is -2.31. The molecule has 4 heteroatoms. The molecule has 0 saturated carbocycles. The third kappa shape index (κ3) is 7.28. The van der Waals surface area contributed by atoms with Crippen LogP contribution < -0.4 is 0 Å². The molecule has 0 N–H and O–H groups in total. The van der Waals surface area contributed by atoms with Crippen LogP contribution in [0.5, 0.6) is 0 Å². The number of rotatable bonds is 6. The third-order valence-corrected chi connectivity index (χ3v) is 4.51. The van der Waals surface area contributed by atoms with E-state index in [2.05, 4.69) is 75.2 Å². The minimum absolute atomic E-state index is 0.700. The van der Waals surface area contributed by atoms with Gasteiger partial charge in [0.1, 0.15) is 0 Å². The molecule has 0 unspecified atom stereocenters. The Morgan fingerprint density at radius 1 is 1.18 bits per heavy atom. The van der Waals surface area contributed by atoms with Crippen LogP contribution >= 0.6 is 27.5 Å². The van der Waals surface area contributed by atoms with E-state index in [9.17, 15) is 0 Å². The van der Waals surface area contributed by atoms with Crippen molar-refractivity contribution in [2.45, 2.75) is 6.54 Å². The van der Waals surface area contributed by atoms with Gasteiger partial charge in [-0.15, -0.1) is 0 Å². The first-order valence-electron chi connectivity index (χ1n) is 5.74. The Morgan fingerprint density at radius 3 is 2.24 bits per heavy atom. The summed E-state index contributed by atoms with van der Waals surface area (Å²) in [7, 11) is 1.77. The maximum Gasteiger partial charge on any atom is 0.0995 e. The quantitative estimate of drug-likeness (QED) is 0.469. The summed E-state index contributed by atoms with van der Waals surface area (Å²) < 4.78 is 5.31. The summed E-state index contributed by atoms with van der Waals surface area (Å²) in [6.07, 6.45) is 5.61. The average Bonchev–Trinajstić information content (AvgIpc) is 2.15. The van der Waals surface area contributed by atoms with Gasteiger partial charge in [-0.05, 0) is 45.5 Å². The first kappa shape index (κ1) is 15.3. The summed E-state index contributed by atoms with van der Waals surface area (Å²) in [5.74, 6) is 1.12. The van der Waals surface area contributed by atoms with Crippen molar-refractivity contribution >= 4 is 27.5 Å². The van der Waals surface area contributed by atoms with Crippen molar-refractivity contribution in [3.05, 3.63) is 35.9 Å². The average molecular weight is 369 g/mol. The zero-order valence-electron chi connectivity index (χ0n) is 11.2. The minimum Gasteiger partial charge on any atom is -0.369 e. The van der Waals surface area contributed by atoms with Crippen molar-refractivity contribution in [2.24, 2.45) is 0 Å². The van der Waals surface area contributed by atoms with Crippen molar-refractivity contribution in [3.8, 4) is 0 Å². The zero-order chi connectivity index (χ0) is 13.0. The van der Waals surface area contributed by atoms with E-state index in [-0.39, 0.29) is 0 Å². The van der Waals surface area contributed by atoms with Gasteiger partial charge >= 0.3 is 0 Å². The fraction of sp³-hybridized carbons (Fsp3) is 0.538. The fourth-order valence-electron chi connectivity index (χ4n) is 1.84. The van der Waals surface area contributed by atoms with Gasteiger partial charge in [-0.1, -0.05) is 30.3 Å². The number of hydrogen-bond acceptors (Lipinski definition) is 2. The van der Waals surface area contributed by atoms with Crippen LogP contribution in [0.15, 0.2) is 30.3 Å². The van der Waals surface area contributed by atoms with Crippen LogP contribution in [0, 0.1) is 0 Å². The number of methoxy groups -OCH3 is 1. The molecule has 0 aliphatic heterocycles. The van der Waals surface area contributed by atoms with Gasteiger partial charge in [-0.3, -0.25) is 4.90 Å². The van der Waals surface area contributed by atoms with E-state index < -0.39 is 6.33 Å². The van der Waals surface area contributed by atoms with E-state index in [0.29, 0.717) is 6.73 Å². The maximum atomic E-state index is 5.31. The van der Waals surface area contributed by atoms with Gasteiger partial charge in [-0.25, -0.2) is 6.33 Å². The Hall–Kier alpha value is 0.220. The van der Waals surface area contributed by atoms with Gasteiger partial charge in [0, 0.05) is 19.5 Å². The van der Waals surface area contributed by atoms with Crippen molar-refractivity contribution in [3.63, 3.8) is 0 Å². The van der Waals surface area contributed by atoms with Crippen LogP contribution in [0.3, 0.4) is 0 Å². The van der Waals surface area contributed by atoms with Crippen molar-refractivity contribution in [1.82, 2.24) is 4.90 Å². The molecule has 17 heavy (non-hydrogen) atoms. The summed E-state index contributed by atoms with van der Waals surface area (Å²) in [6, 6.07) is 10.6. The molecule has 0 radical (unpaired) electrons. The molecule has 0 bridgehead atoms. The Kier molecular flexibility index (Phi) is 5.31. The lowest BCUT2D eigenvalue weighted by Gasteiger charge is -2.48. The number of ether oxygens (including phenoxy) is 1. The molecule has 0 saturated heterocycles. The number of hydrogen-bond donors (Lipinski definition) is 1. The predicted octanol–water partition coefficient (Wildman–Crippen LogP) is 3.36. The number of thiol groups is 1. The standard InChI is InChI=1S/C13H24INOS/c1-16-11-15(12-17(2,3,4)14)10-13-8-6-5-7-9-13/h5-9,17H,10-12H2,1-4H3. The largest absolute Gasteiger partial charge is 0.369 e. The van der Waals surface area contributed by atoms with Crippen molar-refractivity contribution in [1.29, 1.82) is 0 Å². The van der Waals surface area contributed by atoms with E-state index in [1.165, 1.54) is 5.56 Å². The van der Waals surface area contributed by atoms with E-state index in [1.807, 2.05) is 0 Å². The highest BCUT2D eigenvalue weighted by atomic mass is 127. The molecule has 0 heterocycles. The molecule has 0 aromatic heterocycles. The molecular formula is C13H24INOS. The number of halogens is 1. The zero-order valence-corrected chi connectivity index (χ0v) is 14.2. The van der Waals surface area contributed by atoms with Crippen LogP contribution in [0.4, 0.5) is 0 Å². The molecule has 0 aliphatic carbocycles. The van der Waals surface area contributed by atoms with E-state index in [0.717, 1.165) is 12.4 Å². The monoisotopic (exact) mass is 369 g/mol. The first-order valence-corrected chi connectivity index (χ1v) is 12.3. The Labute approximate surface area is 118 Å². The molecule has 0 aliphatic rings. The van der Waals surface area contributed by atoms with Gasteiger partial charge in [0.2, 0.25) is 0 Å². The first-order chi connectivity index (χ1) is 7.76. The topological polar surface area (TPSA) is 12.5 Å². The Bertz CT molecular complexity index is 338. The summed E-state index contributed by atoms with van der Waals surface area (Å²) in [6.45, 7) is 1.66. The second-order valence-corrected chi connectivity index (χ2v) is 22.6. The van der Waals surface area contributed by atoms with Gasteiger partial charge in [-0.2, -0.15) is 0 Å². The predicted molar refractivity (Wildman–Crippen MR) is 89.5 cm³/mol. The summed E-state index contributed by atoms with van der Waals surface area (Å²) >= 11 is 2.64. The van der Waals surface area contributed by atoms with Crippen LogP contribution in [-0.2, 0) is 11.3 Å². The summed E-state index contributed by atoms with van der Waals surface area (Å²) in [5.41, 5.74) is 1.35. The SMILES string of the molecule is COCN(Cc1ccccc1)C[SH](C)(C)(C)I. The molecule has 1 aromatic carbocycles. The summed E-state index contributed by atoms with van der Waals surface area (Å²) in [5, 5.41) is 0. The molecule has 0 spiro atoms. The van der Waals surface area contributed by atoms with Crippen LogP contribution in [0.1, 0.15) is 5.56 Å². The molecule has 1 aromatic rings. The third-order valence-electron chi connectivity index (χ3n) is 2.24. The van der Waals surface area contributed by atoms with Gasteiger partial charge in [0.05, 0.1) is 6.73 Å². The van der Waals surface area contributed by atoms with Crippen molar-refractivity contribution in [2.75, 3.05) is 38.5 Å². The van der Waals surface area contributed by atoms with E-state index in [4.69, 9.17) is 4.74 Å². The lowest BCUT2D eigenvalue weighted by molar-refractivity contribution is 0.0719. The smallest absolute Gasteiger partial charge is 0.0995 e. The van der Waals surface area contributed by atoms with E-state index >= 15 is 0 Å². The van der Waals surface area contributed by atoms with Crippen LogP contribution in [0.2, 0.25) is 0 Å². The van der Waals surface area contributed by atoms with Gasteiger partial charge < -0.3 is 4.74 Å². The molecule has 2 nitrogen and oxygen atoms in total. The second-order valence-electron chi connectivity index (χ2n) is 5.79. The molecule has 0 fully saturated rings.